The highest BCUT2D eigenvalue weighted by Crippen LogP contribution is 2.24. The van der Waals surface area contributed by atoms with E-state index < -0.39 is 15.7 Å². The summed E-state index contributed by atoms with van der Waals surface area (Å²) in [5, 5.41) is 9.48. The zero-order valence-corrected chi connectivity index (χ0v) is 9.49. The van der Waals surface area contributed by atoms with E-state index in [0.29, 0.717) is 5.56 Å². The molecule has 6 heteroatoms. The fourth-order valence-corrected chi connectivity index (χ4v) is 1.95. The summed E-state index contributed by atoms with van der Waals surface area (Å²) in [6.45, 7) is 0. The molecule has 0 aliphatic carbocycles. The summed E-state index contributed by atoms with van der Waals surface area (Å²) in [5.41, 5.74) is 5.49. The van der Waals surface area contributed by atoms with Gasteiger partial charge in [0, 0.05) is 19.1 Å². The molecule has 0 bridgehead atoms. The largest absolute Gasteiger partial charge is 0.507 e. The highest BCUT2D eigenvalue weighted by atomic mass is 32.2. The van der Waals surface area contributed by atoms with Crippen molar-refractivity contribution in [3.63, 3.8) is 0 Å². The molecule has 3 N–H and O–H groups in total. The number of carbonyl (C=O) groups excluding carboxylic acids is 1. The predicted octanol–water partition coefficient (Wildman–Crippen LogP) is 0.223. The van der Waals surface area contributed by atoms with Crippen LogP contribution in [0.1, 0.15) is 12.0 Å². The summed E-state index contributed by atoms with van der Waals surface area (Å²) >= 11 is 0. The molecule has 1 radical (unpaired) electrons. The summed E-state index contributed by atoms with van der Waals surface area (Å²) in [5.74, 6) is -0.826. The smallest absolute Gasteiger partial charge is 0.218 e. The number of hydrogen-bond acceptors (Lipinski definition) is 4. The van der Waals surface area contributed by atoms with Crippen molar-refractivity contribution in [2.45, 2.75) is 11.3 Å². The van der Waals surface area contributed by atoms with Crippen LogP contribution in [0.2, 0.25) is 0 Å². The van der Waals surface area contributed by atoms with E-state index in [-0.39, 0.29) is 17.1 Å². The van der Waals surface area contributed by atoms with Crippen molar-refractivity contribution in [1.82, 2.24) is 0 Å². The van der Waals surface area contributed by atoms with E-state index >= 15 is 0 Å². The number of nitrogens with two attached hydrogens (primary N) is 1. The van der Waals surface area contributed by atoms with Gasteiger partial charge in [-0.2, -0.15) is 0 Å². The first-order valence-electron chi connectivity index (χ1n) is 4.45. The Hall–Kier alpha value is -1.56. The third-order valence-corrected chi connectivity index (χ3v) is 3.07. The molecule has 16 heavy (non-hydrogen) atoms. The quantitative estimate of drug-likeness (QED) is 0.789. The maximum absolute atomic E-state index is 11.2. The molecule has 1 amide bonds. The minimum absolute atomic E-state index is 0.0393. The van der Waals surface area contributed by atoms with E-state index in [1.807, 2.05) is 0 Å². The Bertz CT molecular complexity index is 508. The molecule has 0 aliphatic heterocycles. The standard InChI is InChI=1S/C10H12NO4S/c1-16(14,15)9-4-2-7(6-8(9)12)3-5-10(11)13/h2-4,6,12H,5H2,1H3,(H2,11,13). The lowest BCUT2D eigenvalue weighted by Crippen LogP contribution is -2.10. The summed E-state index contributed by atoms with van der Waals surface area (Å²) in [7, 11) is -3.44. The molecule has 0 unspecified atom stereocenters. The van der Waals surface area contributed by atoms with Gasteiger partial charge in [0.1, 0.15) is 10.6 Å². The van der Waals surface area contributed by atoms with E-state index in [0.717, 1.165) is 6.26 Å². The minimum atomic E-state index is -3.44. The van der Waals surface area contributed by atoms with Crippen molar-refractivity contribution >= 4 is 15.7 Å². The van der Waals surface area contributed by atoms with E-state index in [9.17, 15) is 18.3 Å². The predicted molar refractivity (Wildman–Crippen MR) is 58.4 cm³/mol. The number of sulfone groups is 1. The van der Waals surface area contributed by atoms with Crippen molar-refractivity contribution < 1.29 is 18.3 Å². The van der Waals surface area contributed by atoms with Crippen molar-refractivity contribution in [2.75, 3.05) is 6.26 Å². The molecule has 0 atom stereocenters. The minimum Gasteiger partial charge on any atom is -0.507 e. The Balaban J connectivity index is 2.96. The Labute approximate surface area is 93.8 Å². The summed E-state index contributed by atoms with van der Waals surface area (Å²) in [6.07, 6.45) is 2.56. The number of carbonyl (C=O) groups is 1. The Kier molecular flexibility index (Phi) is 3.54. The van der Waals surface area contributed by atoms with E-state index in [2.05, 4.69) is 0 Å². The highest BCUT2D eigenvalue weighted by Gasteiger charge is 2.13. The SMILES string of the molecule is CS(=O)(=O)c1ccc([CH]CC(N)=O)cc1O. The highest BCUT2D eigenvalue weighted by molar-refractivity contribution is 7.90. The van der Waals surface area contributed by atoms with Gasteiger partial charge < -0.3 is 10.8 Å². The van der Waals surface area contributed by atoms with Crippen molar-refractivity contribution in [2.24, 2.45) is 5.73 Å². The van der Waals surface area contributed by atoms with Gasteiger partial charge >= 0.3 is 0 Å². The second kappa shape index (κ2) is 4.52. The number of primary amides is 1. The maximum atomic E-state index is 11.2. The first-order valence-corrected chi connectivity index (χ1v) is 6.34. The first kappa shape index (κ1) is 12.5. The molecule has 0 aliphatic rings. The fourth-order valence-electron chi connectivity index (χ4n) is 1.19. The zero-order chi connectivity index (χ0) is 12.3. The van der Waals surface area contributed by atoms with Crippen molar-refractivity contribution in [3.05, 3.63) is 30.2 Å². The van der Waals surface area contributed by atoms with E-state index in [1.54, 1.807) is 0 Å². The second-order valence-electron chi connectivity index (χ2n) is 3.37. The van der Waals surface area contributed by atoms with Gasteiger partial charge in [-0.3, -0.25) is 4.79 Å². The van der Waals surface area contributed by atoms with Crippen LogP contribution in [0.15, 0.2) is 23.1 Å². The van der Waals surface area contributed by atoms with E-state index in [4.69, 9.17) is 5.73 Å². The van der Waals surface area contributed by atoms with Gasteiger partial charge in [-0.15, -0.1) is 0 Å². The Morgan fingerprint density at radius 1 is 1.50 bits per heavy atom. The lowest BCUT2D eigenvalue weighted by atomic mass is 10.1. The Morgan fingerprint density at radius 3 is 2.56 bits per heavy atom. The molecule has 0 spiro atoms. The summed E-state index contributed by atoms with van der Waals surface area (Å²) in [6, 6.07) is 4.07. The molecular formula is C10H12NO4S. The van der Waals surface area contributed by atoms with Gasteiger partial charge in [-0.05, 0) is 17.7 Å². The number of hydrogen-bond donors (Lipinski definition) is 2. The Morgan fingerprint density at radius 2 is 2.12 bits per heavy atom. The molecular weight excluding hydrogens is 230 g/mol. The fraction of sp³-hybridized carbons (Fsp3) is 0.200. The van der Waals surface area contributed by atoms with Crippen LogP contribution in [-0.4, -0.2) is 25.7 Å². The molecule has 1 aromatic carbocycles. The van der Waals surface area contributed by atoms with Crippen molar-refractivity contribution in [3.8, 4) is 5.75 Å². The molecule has 0 fully saturated rings. The third kappa shape index (κ3) is 3.23. The van der Waals surface area contributed by atoms with Crippen molar-refractivity contribution in [1.29, 1.82) is 0 Å². The van der Waals surface area contributed by atoms with Gasteiger partial charge in [0.15, 0.2) is 9.84 Å². The van der Waals surface area contributed by atoms with Crippen LogP contribution >= 0.6 is 0 Å². The number of rotatable bonds is 4. The van der Waals surface area contributed by atoms with Crippen LogP contribution in [0.4, 0.5) is 0 Å². The number of phenols is 1. The third-order valence-electron chi connectivity index (χ3n) is 1.92. The average molecular weight is 242 g/mol. The van der Waals surface area contributed by atoms with Crippen LogP contribution in [0.3, 0.4) is 0 Å². The van der Waals surface area contributed by atoms with Crippen LogP contribution in [0, 0.1) is 6.42 Å². The lowest BCUT2D eigenvalue weighted by Gasteiger charge is -2.04. The molecule has 5 nitrogen and oxygen atoms in total. The van der Waals surface area contributed by atoms with Gasteiger partial charge in [-0.1, -0.05) is 6.07 Å². The van der Waals surface area contributed by atoms with Gasteiger partial charge in [0.2, 0.25) is 5.91 Å². The number of amides is 1. The number of phenolic OH excluding ortho intramolecular Hbond substituents is 1. The van der Waals surface area contributed by atoms with Crippen LogP contribution in [0.25, 0.3) is 0 Å². The van der Waals surface area contributed by atoms with Crippen LogP contribution < -0.4 is 5.73 Å². The molecule has 1 rings (SSSR count). The molecule has 0 heterocycles. The normalized spacial score (nSPS) is 11.3. The monoisotopic (exact) mass is 242 g/mol. The summed E-state index contributed by atoms with van der Waals surface area (Å²) < 4.78 is 22.4. The van der Waals surface area contributed by atoms with Crippen LogP contribution in [-0.2, 0) is 14.6 Å². The number of aromatic hydroxyl groups is 1. The summed E-state index contributed by atoms with van der Waals surface area (Å²) in [4.78, 5) is 10.4. The molecule has 1 aromatic rings. The molecule has 0 aromatic heterocycles. The molecule has 0 saturated carbocycles. The van der Waals surface area contributed by atoms with Gasteiger partial charge in [0.05, 0.1) is 0 Å². The first-order chi connectivity index (χ1) is 7.30. The van der Waals surface area contributed by atoms with Gasteiger partial charge in [0.25, 0.3) is 0 Å². The molecule has 0 saturated heterocycles. The lowest BCUT2D eigenvalue weighted by molar-refractivity contribution is -0.117. The topological polar surface area (TPSA) is 97.5 Å². The van der Waals surface area contributed by atoms with Crippen LogP contribution in [0.5, 0.6) is 5.75 Å². The van der Waals surface area contributed by atoms with Gasteiger partial charge in [-0.25, -0.2) is 8.42 Å². The maximum Gasteiger partial charge on any atom is 0.218 e. The molecule has 87 valence electrons. The van der Waals surface area contributed by atoms with E-state index in [1.165, 1.54) is 24.6 Å². The zero-order valence-electron chi connectivity index (χ0n) is 8.67. The number of benzene rings is 1. The second-order valence-corrected chi connectivity index (χ2v) is 5.36. The average Bonchev–Trinajstić information content (AvgIpc) is 2.12.